The molecule has 0 unspecified atom stereocenters. The maximum atomic E-state index is 9.28. The molecule has 3 aromatic heterocycles. The maximum absolute atomic E-state index is 9.28. The molecule has 3 heterocycles. The third-order valence-corrected chi connectivity index (χ3v) is 10.9. The van der Waals surface area contributed by atoms with Gasteiger partial charge in [0, 0.05) is 27.1 Å². The Labute approximate surface area is 381 Å². The molecule has 290 valence electrons. The summed E-state index contributed by atoms with van der Waals surface area (Å²) < 4.78 is 145. The van der Waals surface area contributed by atoms with Gasteiger partial charge < -0.3 is 0 Å². The highest BCUT2D eigenvalue weighted by atomic mass is 15.3. The van der Waals surface area contributed by atoms with Crippen LogP contribution in [0.25, 0.3) is 111 Å². The van der Waals surface area contributed by atoms with Crippen LogP contribution in [0.4, 0.5) is 0 Å². The lowest BCUT2D eigenvalue weighted by molar-refractivity contribution is 0.893. The van der Waals surface area contributed by atoms with Crippen molar-refractivity contribution >= 4 is 43.6 Å². The van der Waals surface area contributed by atoms with E-state index in [-0.39, 0.29) is 49.4 Å². The van der Waals surface area contributed by atoms with Crippen molar-refractivity contribution in [2.75, 3.05) is 0 Å². The summed E-state index contributed by atoms with van der Waals surface area (Å²) in [6.45, 7) is 0. The Balaban J connectivity index is 1.19. The molecule has 0 fully saturated rings. The van der Waals surface area contributed by atoms with Gasteiger partial charge in [-0.15, -0.1) is 0 Å². The number of nitrogens with zero attached hydrogens (tertiary/aromatic N) is 5. The fourth-order valence-electron chi connectivity index (χ4n) is 8.03. The van der Waals surface area contributed by atoms with Gasteiger partial charge >= 0.3 is 0 Å². The van der Waals surface area contributed by atoms with Crippen LogP contribution in [0.2, 0.25) is 0 Å². The van der Waals surface area contributed by atoms with Crippen LogP contribution in [-0.4, -0.2) is 24.1 Å². The predicted molar refractivity (Wildman–Crippen MR) is 256 cm³/mol. The molecule has 0 bridgehead atoms. The van der Waals surface area contributed by atoms with E-state index in [4.69, 9.17) is 31.4 Å². The van der Waals surface area contributed by atoms with Crippen LogP contribution in [0, 0.1) is 0 Å². The van der Waals surface area contributed by atoms with E-state index in [1.165, 1.54) is 0 Å². The Hall–Kier alpha value is -8.41. The van der Waals surface area contributed by atoms with Crippen molar-refractivity contribution in [3.8, 4) is 67.8 Å². The van der Waals surface area contributed by atoms with Gasteiger partial charge in [-0.1, -0.05) is 170 Å². The fraction of sp³-hybridized carbons (Fsp3) is 0. The second-order valence-electron chi connectivity index (χ2n) is 14.5. The lowest BCUT2D eigenvalue weighted by atomic mass is 9.91. The lowest BCUT2D eigenvalue weighted by Crippen LogP contribution is -2.10. The molecule has 0 spiro atoms. The van der Waals surface area contributed by atoms with Crippen LogP contribution in [0.15, 0.2) is 224 Å². The monoisotopic (exact) mass is 807 g/mol. The standard InChI is InChI=1S/C57H37N5/c1-3-17-38(18-4-1)40-21-15-22-41(33-40)45-35-44(39-19-5-2-6-20-39)36-46(37-45)42-23-16-24-43(34-42)55-58-56(61-51-29-11-7-25-47(51)48-26-8-12-30-52(48)61)60-57(59-55)62-53-31-13-9-27-49(53)50-28-10-14-32-54(50)62/h1-37H/i7D,8D,9D,10D,11D,12D,13D,14D,25D,26D,27D,28D,29D,30D,31D,32D. The summed E-state index contributed by atoms with van der Waals surface area (Å²) in [7, 11) is 0. The van der Waals surface area contributed by atoms with Crippen LogP contribution in [0.3, 0.4) is 0 Å². The van der Waals surface area contributed by atoms with E-state index < -0.39 is 109 Å². The predicted octanol–water partition coefficient (Wildman–Crippen LogP) is 14.4. The molecule has 0 aliphatic rings. The largest absolute Gasteiger partial charge is 0.278 e. The van der Waals surface area contributed by atoms with E-state index in [9.17, 15) is 5.48 Å². The zero-order chi connectivity index (χ0) is 54.9. The number of benzene rings is 9. The number of rotatable bonds is 7. The average molecular weight is 808 g/mol. The van der Waals surface area contributed by atoms with Crippen LogP contribution in [0.5, 0.6) is 0 Å². The van der Waals surface area contributed by atoms with E-state index in [2.05, 4.69) is 24.3 Å². The first-order chi connectivity index (χ1) is 37.4. The van der Waals surface area contributed by atoms with E-state index in [1.807, 2.05) is 84.9 Å². The first-order valence-electron chi connectivity index (χ1n) is 27.6. The minimum atomic E-state index is -0.702. The Morgan fingerprint density at radius 3 is 1.03 bits per heavy atom. The van der Waals surface area contributed by atoms with Crippen molar-refractivity contribution < 1.29 is 21.9 Å². The molecule has 12 rings (SSSR count). The second kappa shape index (κ2) is 14.7. The smallest absolute Gasteiger partial charge is 0.240 e. The minimum Gasteiger partial charge on any atom is -0.278 e. The summed E-state index contributed by atoms with van der Waals surface area (Å²) in [5, 5.41) is -1.07. The molecule has 62 heavy (non-hydrogen) atoms. The fourth-order valence-corrected chi connectivity index (χ4v) is 8.03. The van der Waals surface area contributed by atoms with Gasteiger partial charge in [0.05, 0.1) is 44.0 Å². The molecule has 9 aromatic carbocycles. The minimum absolute atomic E-state index is 0.153. The Morgan fingerprint density at radius 2 is 0.597 bits per heavy atom. The summed E-state index contributed by atoms with van der Waals surface area (Å²) in [6.07, 6.45) is 0. The lowest BCUT2D eigenvalue weighted by Gasteiger charge is -2.14. The first-order valence-corrected chi connectivity index (χ1v) is 19.6. The number of hydrogen-bond acceptors (Lipinski definition) is 3. The molecule has 0 saturated carbocycles. The number of fused-ring (bicyclic) bond motifs is 6. The normalized spacial score (nSPS) is 15.2. The molecule has 5 heteroatoms. The van der Waals surface area contributed by atoms with Crippen LogP contribution < -0.4 is 0 Å². The van der Waals surface area contributed by atoms with Gasteiger partial charge in [0.2, 0.25) is 11.9 Å². The highest BCUT2D eigenvalue weighted by Crippen LogP contribution is 2.38. The molecular formula is C57H37N5. The molecule has 0 radical (unpaired) electrons. The summed E-state index contributed by atoms with van der Waals surface area (Å²) in [5.74, 6) is -1.10. The molecule has 0 saturated heterocycles. The van der Waals surface area contributed by atoms with Gasteiger partial charge in [-0.05, 0) is 99.0 Å². The van der Waals surface area contributed by atoms with Crippen molar-refractivity contribution in [3.63, 3.8) is 0 Å². The first kappa shape index (κ1) is 22.8. The summed E-state index contributed by atoms with van der Waals surface area (Å²) in [6, 6.07) is 30.9. The zero-order valence-corrected chi connectivity index (χ0v) is 32.4. The Bertz CT molecular complexity index is 4250. The topological polar surface area (TPSA) is 48.5 Å². The highest BCUT2D eigenvalue weighted by molar-refractivity contribution is 6.10. The van der Waals surface area contributed by atoms with Crippen molar-refractivity contribution in [2.45, 2.75) is 0 Å². The quantitative estimate of drug-likeness (QED) is 0.161. The van der Waals surface area contributed by atoms with Gasteiger partial charge in [0.25, 0.3) is 0 Å². The van der Waals surface area contributed by atoms with Crippen LogP contribution in [0.1, 0.15) is 21.9 Å². The van der Waals surface area contributed by atoms with Gasteiger partial charge in [-0.25, -0.2) is 0 Å². The van der Waals surface area contributed by atoms with Gasteiger partial charge in [0.1, 0.15) is 0 Å². The second-order valence-corrected chi connectivity index (χ2v) is 14.5. The van der Waals surface area contributed by atoms with Crippen molar-refractivity contribution in [1.82, 2.24) is 24.1 Å². The van der Waals surface area contributed by atoms with Crippen LogP contribution in [-0.2, 0) is 0 Å². The number of para-hydroxylation sites is 4. The molecule has 0 N–H and O–H groups in total. The molecule has 0 amide bonds. The molecule has 12 aromatic rings. The average Bonchev–Trinajstić information content (AvgIpc) is 4.26. The molecule has 0 atom stereocenters. The number of hydrogen-bond donors (Lipinski definition) is 0. The van der Waals surface area contributed by atoms with Gasteiger partial charge in [-0.2, -0.15) is 15.0 Å². The van der Waals surface area contributed by atoms with Crippen molar-refractivity contribution in [2.24, 2.45) is 0 Å². The zero-order valence-electron chi connectivity index (χ0n) is 48.4. The van der Waals surface area contributed by atoms with Crippen LogP contribution >= 0.6 is 0 Å². The van der Waals surface area contributed by atoms with E-state index in [0.29, 0.717) is 11.1 Å². The molecule has 0 aliphatic heterocycles. The molecule has 0 aliphatic carbocycles. The van der Waals surface area contributed by atoms with Gasteiger partial charge in [-0.3, -0.25) is 9.13 Å². The third kappa shape index (κ3) is 6.06. The Morgan fingerprint density at radius 1 is 0.290 bits per heavy atom. The van der Waals surface area contributed by atoms with Crippen molar-refractivity contribution in [3.05, 3.63) is 224 Å². The summed E-state index contributed by atoms with van der Waals surface area (Å²) in [4.78, 5) is 14.7. The summed E-state index contributed by atoms with van der Waals surface area (Å²) in [5.41, 5.74) is 6.23. The molecular weight excluding hydrogens is 755 g/mol. The van der Waals surface area contributed by atoms with Gasteiger partial charge in [0.15, 0.2) is 5.82 Å². The number of aromatic nitrogens is 5. The third-order valence-electron chi connectivity index (χ3n) is 10.9. The van der Waals surface area contributed by atoms with Crippen molar-refractivity contribution in [1.29, 1.82) is 0 Å². The Kier molecular flexibility index (Phi) is 5.41. The maximum Gasteiger partial charge on any atom is 0.240 e. The van der Waals surface area contributed by atoms with E-state index >= 15 is 0 Å². The highest BCUT2D eigenvalue weighted by Gasteiger charge is 2.21. The van der Waals surface area contributed by atoms with E-state index in [0.717, 1.165) is 48.1 Å². The summed E-state index contributed by atoms with van der Waals surface area (Å²) >= 11 is 0. The SMILES string of the molecule is [2H]c1c([2H])c([2H])c2c(c1[2H])c1c([2H])c([2H])c([2H])c([2H])c1n2-c1nc(-c2cccc(-c3cc(-c4ccccc4)cc(-c4cccc(-c5ccccc5)c4)c3)c2)nc(-n2c3c([2H])c([2H])c([2H])c([2H])c3c3c([2H])c([2H])c([2H])c([2H])c32)n1. The van der Waals surface area contributed by atoms with E-state index in [1.54, 1.807) is 18.2 Å². The molecule has 5 nitrogen and oxygen atoms in total.